The zero-order valence-electron chi connectivity index (χ0n) is 15.4. The first-order chi connectivity index (χ1) is 13.2. The maximum Gasteiger partial charge on any atom is 0.197 e. The average Bonchev–Trinajstić information content (AvgIpc) is 3.50. The summed E-state index contributed by atoms with van der Waals surface area (Å²) in [5.41, 5.74) is 3.33. The number of aryl methyl sites for hydroxylation is 1. The van der Waals surface area contributed by atoms with Gasteiger partial charge in [0, 0.05) is 24.8 Å². The molecule has 2 aromatic heterocycles. The molecule has 1 fully saturated rings. The second kappa shape index (κ2) is 7.39. The maximum absolute atomic E-state index is 14.1. The molecular formula is C21H21FN4O. The fourth-order valence-electron chi connectivity index (χ4n) is 3.56. The molecule has 0 aliphatic heterocycles. The maximum atomic E-state index is 14.1. The topological polar surface area (TPSA) is 60.8 Å². The normalized spacial score (nSPS) is 18.3. The van der Waals surface area contributed by atoms with Gasteiger partial charge in [0.2, 0.25) is 0 Å². The first kappa shape index (κ1) is 17.5. The van der Waals surface area contributed by atoms with Gasteiger partial charge in [-0.2, -0.15) is 0 Å². The summed E-state index contributed by atoms with van der Waals surface area (Å²) in [6, 6.07) is 5.24. The van der Waals surface area contributed by atoms with E-state index in [0.717, 1.165) is 30.4 Å². The number of hydrogen-bond donors (Lipinski definition) is 0. The summed E-state index contributed by atoms with van der Waals surface area (Å²) < 4.78 is 19.3. The van der Waals surface area contributed by atoms with Crippen LogP contribution in [-0.2, 0) is 6.42 Å². The average molecular weight is 364 g/mol. The van der Waals surface area contributed by atoms with Gasteiger partial charge in [0.25, 0.3) is 0 Å². The molecule has 2 unspecified atom stereocenters. The van der Waals surface area contributed by atoms with Gasteiger partial charge in [-0.1, -0.05) is 13.3 Å². The van der Waals surface area contributed by atoms with E-state index in [0.29, 0.717) is 29.2 Å². The predicted octanol–water partition coefficient (Wildman–Crippen LogP) is 4.30. The smallest absolute Gasteiger partial charge is 0.197 e. The van der Waals surface area contributed by atoms with Crippen LogP contribution in [0.25, 0.3) is 11.6 Å². The second-order valence-electron chi connectivity index (χ2n) is 6.80. The molecule has 1 aliphatic rings. The zero-order chi connectivity index (χ0) is 18.8. The van der Waals surface area contributed by atoms with E-state index in [1.807, 2.05) is 18.5 Å². The molecule has 2 heterocycles. The number of methoxy groups -OCH3 is 1. The first-order valence-electron chi connectivity index (χ1n) is 9.17. The van der Waals surface area contributed by atoms with Crippen LogP contribution >= 0.6 is 0 Å². The summed E-state index contributed by atoms with van der Waals surface area (Å²) >= 11 is 0. The Kier molecular flexibility index (Phi) is 4.79. The molecule has 0 N–H and O–H groups in total. The predicted molar refractivity (Wildman–Crippen MR) is 100 cm³/mol. The minimum Gasteiger partial charge on any atom is -0.494 e. The summed E-state index contributed by atoms with van der Waals surface area (Å²) in [6.07, 6.45) is 9.90. The van der Waals surface area contributed by atoms with Crippen LogP contribution in [0.4, 0.5) is 4.39 Å². The third-order valence-electron chi connectivity index (χ3n) is 4.99. The van der Waals surface area contributed by atoms with Crippen molar-refractivity contribution in [2.24, 2.45) is 0 Å². The van der Waals surface area contributed by atoms with Crippen LogP contribution < -0.4 is 4.74 Å². The number of nitrogens with zero attached hydrogens (tertiary/aromatic N) is 4. The van der Waals surface area contributed by atoms with Crippen LogP contribution in [-0.4, -0.2) is 27.0 Å². The van der Waals surface area contributed by atoms with Crippen LogP contribution in [0.2, 0.25) is 0 Å². The van der Waals surface area contributed by atoms with Gasteiger partial charge in [-0.25, -0.2) is 24.3 Å². The van der Waals surface area contributed by atoms with Crippen molar-refractivity contribution < 1.29 is 9.13 Å². The van der Waals surface area contributed by atoms with Crippen molar-refractivity contribution in [2.45, 2.75) is 38.0 Å². The molecule has 0 amide bonds. The van der Waals surface area contributed by atoms with E-state index in [9.17, 15) is 4.39 Å². The molecule has 1 saturated carbocycles. The Hall–Kier alpha value is -2.89. The fourth-order valence-corrected chi connectivity index (χ4v) is 3.56. The van der Waals surface area contributed by atoms with E-state index < -0.39 is 0 Å². The van der Waals surface area contributed by atoms with Crippen LogP contribution in [0.1, 0.15) is 48.3 Å². The molecule has 3 aromatic rings. The molecule has 6 heteroatoms. The molecule has 1 aliphatic carbocycles. The molecule has 5 nitrogen and oxygen atoms in total. The fraction of sp³-hybridized carbons (Fsp3) is 0.333. The number of halogens is 1. The summed E-state index contributed by atoms with van der Waals surface area (Å²) in [5.74, 6) is 1.75. The SMILES string of the molecule is CCCc1cc(F)c(OC)cc1C1CC1c1cnc(-c2ncccn2)nc1. The highest BCUT2D eigenvalue weighted by atomic mass is 19.1. The summed E-state index contributed by atoms with van der Waals surface area (Å²) in [7, 11) is 1.50. The standard InChI is InChI=1S/C21H21FN4O/c1-3-5-13-8-18(22)19(27-2)10-16(13)17-9-15(17)14-11-25-21(26-12-14)20-23-6-4-7-24-20/h4,6-8,10-12,15,17H,3,5,9H2,1-2H3. The zero-order valence-corrected chi connectivity index (χ0v) is 15.4. The summed E-state index contributed by atoms with van der Waals surface area (Å²) in [4.78, 5) is 17.2. The molecule has 0 spiro atoms. The lowest BCUT2D eigenvalue weighted by atomic mass is 9.97. The second-order valence-corrected chi connectivity index (χ2v) is 6.80. The van der Waals surface area contributed by atoms with E-state index in [4.69, 9.17) is 4.74 Å². The highest BCUT2D eigenvalue weighted by Crippen LogP contribution is 2.56. The third kappa shape index (κ3) is 3.52. The molecule has 0 saturated heterocycles. The van der Waals surface area contributed by atoms with Gasteiger partial charge in [-0.15, -0.1) is 0 Å². The number of aromatic nitrogens is 4. The van der Waals surface area contributed by atoms with Crippen molar-refractivity contribution in [2.75, 3.05) is 7.11 Å². The number of rotatable bonds is 6. The van der Waals surface area contributed by atoms with Crippen molar-refractivity contribution in [1.82, 2.24) is 19.9 Å². The van der Waals surface area contributed by atoms with Gasteiger partial charge in [-0.05, 0) is 59.6 Å². The molecule has 138 valence electrons. The van der Waals surface area contributed by atoms with Gasteiger partial charge in [0.15, 0.2) is 23.2 Å². The van der Waals surface area contributed by atoms with E-state index in [-0.39, 0.29) is 5.82 Å². The highest BCUT2D eigenvalue weighted by molar-refractivity contribution is 5.46. The lowest BCUT2D eigenvalue weighted by Gasteiger charge is -2.12. The van der Waals surface area contributed by atoms with Crippen LogP contribution in [0.15, 0.2) is 43.0 Å². The number of ether oxygens (including phenoxy) is 1. The van der Waals surface area contributed by atoms with Crippen molar-refractivity contribution in [3.63, 3.8) is 0 Å². The Morgan fingerprint density at radius 2 is 1.74 bits per heavy atom. The summed E-state index contributed by atoms with van der Waals surface area (Å²) in [5, 5.41) is 0. The largest absolute Gasteiger partial charge is 0.494 e. The van der Waals surface area contributed by atoms with E-state index in [1.54, 1.807) is 24.5 Å². The van der Waals surface area contributed by atoms with E-state index in [1.165, 1.54) is 12.7 Å². The van der Waals surface area contributed by atoms with Crippen molar-refractivity contribution in [3.05, 3.63) is 65.5 Å². The molecule has 1 aromatic carbocycles. The van der Waals surface area contributed by atoms with E-state index in [2.05, 4.69) is 26.9 Å². The molecule has 2 atom stereocenters. The molecule has 4 rings (SSSR count). The van der Waals surface area contributed by atoms with Gasteiger partial charge in [0.1, 0.15) is 0 Å². The Morgan fingerprint density at radius 1 is 1.04 bits per heavy atom. The van der Waals surface area contributed by atoms with Gasteiger partial charge in [0.05, 0.1) is 7.11 Å². The molecule has 0 bridgehead atoms. The van der Waals surface area contributed by atoms with E-state index >= 15 is 0 Å². The Balaban J connectivity index is 1.57. The van der Waals surface area contributed by atoms with Crippen molar-refractivity contribution >= 4 is 0 Å². The minimum absolute atomic E-state index is 0.294. The highest BCUT2D eigenvalue weighted by Gasteiger charge is 2.41. The van der Waals surface area contributed by atoms with Crippen LogP contribution in [0, 0.1) is 5.82 Å². The van der Waals surface area contributed by atoms with Crippen LogP contribution in [0.3, 0.4) is 0 Å². The Labute approximate surface area is 157 Å². The minimum atomic E-state index is -0.294. The van der Waals surface area contributed by atoms with Crippen LogP contribution in [0.5, 0.6) is 5.75 Å². The Bertz CT molecular complexity index is 931. The third-order valence-corrected chi connectivity index (χ3v) is 4.99. The lowest BCUT2D eigenvalue weighted by Crippen LogP contribution is -1.99. The molecule has 27 heavy (non-hydrogen) atoms. The number of benzene rings is 1. The molecule has 0 radical (unpaired) electrons. The van der Waals surface area contributed by atoms with Gasteiger partial charge < -0.3 is 4.74 Å². The lowest BCUT2D eigenvalue weighted by molar-refractivity contribution is 0.385. The molecular weight excluding hydrogens is 343 g/mol. The first-order valence-corrected chi connectivity index (χ1v) is 9.17. The Morgan fingerprint density at radius 3 is 2.41 bits per heavy atom. The summed E-state index contributed by atoms with van der Waals surface area (Å²) in [6.45, 7) is 2.11. The monoisotopic (exact) mass is 364 g/mol. The van der Waals surface area contributed by atoms with Gasteiger partial charge in [-0.3, -0.25) is 0 Å². The number of hydrogen-bond acceptors (Lipinski definition) is 5. The van der Waals surface area contributed by atoms with Crippen molar-refractivity contribution in [3.8, 4) is 17.4 Å². The van der Waals surface area contributed by atoms with Crippen molar-refractivity contribution in [1.29, 1.82) is 0 Å². The van der Waals surface area contributed by atoms with Gasteiger partial charge >= 0.3 is 0 Å². The quantitative estimate of drug-likeness (QED) is 0.652.